The lowest BCUT2D eigenvalue weighted by molar-refractivity contribution is 0.210. The standard InChI is InChI=1S/C16H25NO/c1-3-17-13(2)12-14-8-10-16(11-9-14)18-15-6-4-5-7-15/h8-11,13,15,17H,3-7,12H2,1-2H3. The molecule has 1 saturated carbocycles. The van der Waals surface area contributed by atoms with Gasteiger partial charge in [-0.3, -0.25) is 0 Å². The number of benzene rings is 1. The number of likely N-dealkylation sites (N-methyl/N-ethyl adjacent to an activating group) is 1. The molecule has 1 aromatic carbocycles. The molecule has 1 atom stereocenters. The largest absolute Gasteiger partial charge is 0.490 e. The summed E-state index contributed by atoms with van der Waals surface area (Å²) in [6.07, 6.45) is 6.62. The molecule has 1 unspecified atom stereocenters. The summed E-state index contributed by atoms with van der Waals surface area (Å²) in [5, 5.41) is 3.44. The maximum atomic E-state index is 5.97. The van der Waals surface area contributed by atoms with Crippen molar-refractivity contribution in [2.45, 2.75) is 58.1 Å². The SMILES string of the molecule is CCNC(C)Cc1ccc(OC2CCCC2)cc1. The van der Waals surface area contributed by atoms with E-state index in [4.69, 9.17) is 4.74 Å². The van der Waals surface area contributed by atoms with E-state index in [0.29, 0.717) is 12.1 Å². The van der Waals surface area contributed by atoms with Crippen molar-refractivity contribution >= 4 is 0 Å². The highest BCUT2D eigenvalue weighted by Gasteiger charge is 2.16. The van der Waals surface area contributed by atoms with Gasteiger partial charge in [-0.15, -0.1) is 0 Å². The van der Waals surface area contributed by atoms with Crippen molar-refractivity contribution in [2.75, 3.05) is 6.54 Å². The number of nitrogens with one attached hydrogen (secondary N) is 1. The summed E-state index contributed by atoms with van der Waals surface area (Å²) in [5.74, 6) is 1.03. The Kier molecular flexibility index (Phi) is 5.06. The van der Waals surface area contributed by atoms with Crippen LogP contribution in [0.2, 0.25) is 0 Å². The highest BCUT2D eigenvalue weighted by Crippen LogP contribution is 2.24. The molecule has 1 N–H and O–H groups in total. The minimum Gasteiger partial charge on any atom is -0.490 e. The Hall–Kier alpha value is -1.02. The van der Waals surface area contributed by atoms with E-state index in [0.717, 1.165) is 18.7 Å². The van der Waals surface area contributed by atoms with E-state index in [1.807, 2.05) is 0 Å². The summed E-state index contributed by atoms with van der Waals surface area (Å²) in [5.41, 5.74) is 1.38. The van der Waals surface area contributed by atoms with Crippen molar-refractivity contribution in [3.8, 4) is 5.75 Å². The summed E-state index contributed by atoms with van der Waals surface area (Å²) >= 11 is 0. The van der Waals surface area contributed by atoms with Gasteiger partial charge in [0.05, 0.1) is 6.10 Å². The Balaban J connectivity index is 1.84. The second kappa shape index (κ2) is 6.79. The molecule has 0 aliphatic heterocycles. The second-order valence-corrected chi connectivity index (χ2v) is 5.33. The molecule has 0 bridgehead atoms. The Labute approximate surface area is 111 Å². The summed E-state index contributed by atoms with van der Waals surface area (Å²) in [4.78, 5) is 0. The number of ether oxygens (including phenoxy) is 1. The smallest absolute Gasteiger partial charge is 0.119 e. The molecule has 0 spiro atoms. The van der Waals surface area contributed by atoms with Gasteiger partial charge >= 0.3 is 0 Å². The summed E-state index contributed by atoms with van der Waals surface area (Å²) in [6, 6.07) is 9.16. The fourth-order valence-corrected chi connectivity index (χ4v) is 2.68. The van der Waals surface area contributed by atoms with Crippen LogP contribution in [-0.4, -0.2) is 18.7 Å². The maximum absolute atomic E-state index is 5.97. The van der Waals surface area contributed by atoms with Crippen LogP contribution in [0.4, 0.5) is 0 Å². The monoisotopic (exact) mass is 247 g/mol. The van der Waals surface area contributed by atoms with Crippen molar-refractivity contribution in [1.82, 2.24) is 5.32 Å². The van der Waals surface area contributed by atoms with Gasteiger partial charge in [0.2, 0.25) is 0 Å². The van der Waals surface area contributed by atoms with Crippen LogP contribution in [-0.2, 0) is 6.42 Å². The normalized spacial score (nSPS) is 17.9. The summed E-state index contributed by atoms with van der Waals surface area (Å²) in [6.45, 7) is 5.41. The predicted molar refractivity (Wildman–Crippen MR) is 76.2 cm³/mol. The van der Waals surface area contributed by atoms with E-state index in [1.165, 1.54) is 31.2 Å². The average Bonchev–Trinajstić information content (AvgIpc) is 2.85. The quantitative estimate of drug-likeness (QED) is 0.830. The minimum absolute atomic E-state index is 0.455. The van der Waals surface area contributed by atoms with Crippen molar-refractivity contribution in [1.29, 1.82) is 0 Å². The van der Waals surface area contributed by atoms with Crippen molar-refractivity contribution in [3.05, 3.63) is 29.8 Å². The van der Waals surface area contributed by atoms with Crippen LogP contribution in [0.25, 0.3) is 0 Å². The van der Waals surface area contributed by atoms with Crippen LogP contribution in [0.5, 0.6) is 5.75 Å². The molecule has 0 aromatic heterocycles. The molecule has 1 aliphatic rings. The van der Waals surface area contributed by atoms with E-state index in [1.54, 1.807) is 0 Å². The van der Waals surface area contributed by atoms with Gasteiger partial charge < -0.3 is 10.1 Å². The molecule has 1 aromatic rings. The Morgan fingerprint density at radius 2 is 1.89 bits per heavy atom. The summed E-state index contributed by atoms with van der Waals surface area (Å²) in [7, 11) is 0. The molecular weight excluding hydrogens is 222 g/mol. The lowest BCUT2D eigenvalue weighted by Crippen LogP contribution is -2.27. The third-order valence-corrected chi connectivity index (χ3v) is 3.62. The highest BCUT2D eigenvalue weighted by molar-refractivity contribution is 5.28. The van der Waals surface area contributed by atoms with Crippen LogP contribution in [0.1, 0.15) is 45.1 Å². The first-order valence-corrected chi connectivity index (χ1v) is 7.27. The lowest BCUT2D eigenvalue weighted by atomic mass is 10.1. The molecule has 2 nitrogen and oxygen atoms in total. The number of hydrogen-bond donors (Lipinski definition) is 1. The zero-order chi connectivity index (χ0) is 12.8. The highest BCUT2D eigenvalue weighted by atomic mass is 16.5. The topological polar surface area (TPSA) is 21.3 Å². The number of hydrogen-bond acceptors (Lipinski definition) is 2. The Morgan fingerprint density at radius 3 is 2.50 bits per heavy atom. The maximum Gasteiger partial charge on any atom is 0.119 e. The molecule has 0 radical (unpaired) electrons. The molecule has 2 rings (SSSR count). The second-order valence-electron chi connectivity index (χ2n) is 5.33. The van der Waals surface area contributed by atoms with Gasteiger partial charge in [0.15, 0.2) is 0 Å². The van der Waals surface area contributed by atoms with Crippen molar-refractivity contribution < 1.29 is 4.74 Å². The molecule has 0 saturated heterocycles. The fraction of sp³-hybridized carbons (Fsp3) is 0.625. The van der Waals surface area contributed by atoms with E-state index in [-0.39, 0.29) is 0 Å². The van der Waals surface area contributed by atoms with Gasteiger partial charge in [0.25, 0.3) is 0 Å². The molecular formula is C16H25NO. The van der Waals surface area contributed by atoms with E-state index >= 15 is 0 Å². The third kappa shape index (κ3) is 4.02. The number of rotatable bonds is 6. The van der Waals surface area contributed by atoms with Crippen molar-refractivity contribution in [3.63, 3.8) is 0 Å². The zero-order valence-electron chi connectivity index (χ0n) is 11.6. The van der Waals surface area contributed by atoms with Crippen LogP contribution in [0, 0.1) is 0 Å². The molecule has 1 aliphatic carbocycles. The van der Waals surface area contributed by atoms with E-state index in [9.17, 15) is 0 Å². The van der Waals surface area contributed by atoms with Gasteiger partial charge in [-0.1, -0.05) is 19.1 Å². The first-order chi connectivity index (χ1) is 8.78. The van der Waals surface area contributed by atoms with Crippen LogP contribution < -0.4 is 10.1 Å². The van der Waals surface area contributed by atoms with Crippen LogP contribution >= 0.6 is 0 Å². The van der Waals surface area contributed by atoms with Crippen molar-refractivity contribution in [2.24, 2.45) is 0 Å². The predicted octanol–water partition coefficient (Wildman–Crippen LogP) is 3.55. The first-order valence-electron chi connectivity index (χ1n) is 7.27. The molecule has 18 heavy (non-hydrogen) atoms. The Morgan fingerprint density at radius 1 is 1.22 bits per heavy atom. The zero-order valence-corrected chi connectivity index (χ0v) is 11.6. The molecule has 0 amide bonds. The average molecular weight is 247 g/mol. The molecule has 0 heterocycles. The molecule has 100 valence electrons. The molecule has 1 fully saturated rings. The van der Waals surface area contributed by atoms with Gasteiger partial charge in [0, 0.05) is 6.04 Å². The fourth-order valence-electron chi connectivity index (χ4n) is 2.68. The van der Waals surface area contributed by atoms with E-state index in [2.05, 4.69) is 43.4 Å². The molecule has 2 heteroatoms. The van der Waals surface area contributed by atoms with Crippen LogP contribution in [0.3, 0.4) is 0 Å². The lowest BCUT2D eigenvalue weighted by Gasteiger charge is -2.15. The van der Waals surface area contributed by atoms with Gasteiger partial charge in [0.1, 0.15) is 5.75 Å². The third-order valence-electron chi connectivity index (χ3n) is 3.62. The minimum atomic E-state index is 0.455. The van der Waals surface area contributed by atoms with Gasteiger partial charge in [-0.05, 0) is 63.3 Å². The first kappa shape index (κ1) is 13.4. The summed E-state index contributed by atoms with van der Waals surface area (Å²) < 4.78 is 5.97. The van der Waals surface area contributed by atoms with Gasteiger partial charge in [-0.2, -0.15) is 0 Å². The van der Waals surface area contributed by atoms with Gasteiger partial charge in [-0.25, -0.2) is 0 Å². The Bertz CT molecular complexity index is 341. The van der Waals surface area contributed by atoms with E-state index < -0.39 is 0 Å². The van der Waals surface area contributed by atoms with Crippen LogP contribution in [0.15, 0.2) is 24.3 Å².